The van der Waals surface area contributed by atoms with Crippen LogP contribution in [0.2, 0.25) is 0 Å². The highest BCUT2D eigenvalue weighted by molar-refractivity contribution is 5.89. The van der Waals surface area contributed by atoms with E-state index in [0.29, 0.717) is 31.1 Å². The van der Waals surface area contributed by atoms with Crippen LogP contribution in [0.25, 0.3) is 0 Å². The van der Waals surface area contributed by atoms with Crippen LogP contribution < -0.4 is 10.2 Å². The molecule has 1 aromatic heterocycles. The lowest BCUT2D eigenvalue weighted by Crippen LogP contribution is -2.48. The summed E-state index contributed by atoms with van der Waals surface area (Å²) in [5, 5.41) is 2.75. The summed E-state index contributed by atoms with van der Waals surface area (Å²) in [4.78, 5) is 28.8. The van der Waals surface area contributed by atoms with E-state index in [1.807, 2.05) is 4.90 Å². The molecule has 2 rings (SSSR count). The van der Waals surface area contributed by atoms with Gasteiger partial charge in [-0.15, -0.1) is 0 Å². The van der Waals surface area contributed by atoms with Gasteiger partial charge < -0.3 is 15.0 Å². The molecule has 96 valence electrons. The van der Waals surface area contributed by atoms with Crippen LogP contribution >= 0.6 is 0 Å². The fraction of sp³-hybridized carbons (Fsp3) is 0.417. The number of hydrogen-bond acceptors (Lipinski definition) is 5. The summed E-state index contributed by atoms with van der Waals surface area (Å²) in [6.07, 6.45) is 1.47. The molecule has 1 saturated heterocycles. The predicted octanol–water partition coefficient (Wildman–Crippen LogP) is 0.194. The van der Waals surface area contributed by atoms with Crippen molar-refractivity contribution in [2.24, 2.45) is 0 Å². The number of anilines is 1. The molecule has 18 heavy (non-hydrogen) atoms. The van der Waals surface area contributed by atoms with E-state index in [1.165, 1.54) is 6.20 Å². The zero-order valence-corrected chi connectivity index (χ0v) is 10.2. The molecule has 1 aromatic rings. The van der Waals surface area contributed by atoms with Crippen molar-refractivity contribution in [3.8, 4) is 0 Å². The molecule has 2 heterocycles. The third-order valence-electron chi connectivity index (χ3n) is 2.62. The van der Waals surface area contributed by atoms with Gasteiger partial charge in [0.2, 0.25) is 5.91 Å². The molecule has 6 nitrogen and oxygen atoms in total. The Labute approximate surface area is 105 Å². The third-order valence-corrected chi connectivity index (χ3v) is 2.62. The van der Waals surface area contributed by atoms with Crippen molar-refractivity contribution >= 4 is 17.7 Å². The van der Waals surface area contributed by atoms with Gasteiger partial charge in [0.25, 0.3) is 0 Å². The molecule has 0 bridgehead atoms. The Morgan fingerprint density at radius 2 is 2.39 bits per heavy atom. The number of piperazine rings is 1. The summed E-state index contributed by atoms with van der Waals surface area (Å²) >= 11 is 0. The van der Waals surface area contributed by atoms with E-state index in [-0.39, 0.29) is 11.9 Å². The Morgan fingerprint density at radius 3 is 3.00 bits per heavy atom. The van der Waals surface area contributed by atoms with E-state index >= 15 is 0 Å². The largest absolute Gasteiger partial charge is 0.462 e. The van der Waals surface area contributed by atoms with E-state index in [9.17, 15) is 9.59 Å². The third kappa shape index (κ3) is 2.77. The number of ether oxygens (including phenoxy) is 1. The second-order valence-electron chi connectivity index (χ2n) is 3.90. The molecule has 0 aliphatic carbocycles. The number of amides is 1. The van der Waals surface area contributed by atoms with Crippen LogP contribution in [0.1, 0.15) is 17.3 Å². The molecule has 1 aliphatic rings. The maximum atomic E-state index is 11.4. The first-order valence-corrected chi connectivity index (χ1v) is 5.85. The van der Waals surface area contributed by atoms with Crippen molar-refractivity contribution in [2.75, 3.05) is 31.1 Å². The molecule has 1 amide bonds. The van der Waals surface area contributed by atoms with Gasteiger partial charge in [0, 0.05) is 19.3 Å². The molecule has 0 unspecified atom stereocenters. The second kappa shape index (κ2) is 5.48. The van der Waals surface area contributed by atoms with Crippen molar-refractivity contribution in [1.82, 2.24) is 10.3 Å². The lowest BCUT2D eigenvalue weighted by molar-refractivity contribution is -0.120. The Balaban J connectivity index is 2.07. The molecule has 0 aromatic carbocycles. The molecule has 0 radical (unpaired) electrons. The number of nitrogens with zero attached hydrogens (tertiary/aromatic N) is 2. The molecular weight excluding hydrogens is 234 g/mol. The summed E-state index contributed by atoms with van der Waals surface area (Å²) in [6, 6.07) is 3.39. The standard InChI is InChI=1S/C12H15N3O3/c1-2-18-12(17)9-3-4-10(14-7-9)15-6-5-13-11(16)8-15/h3-4,7H,2,5-6,8H2,1H3,(H,13,16). The molecule has 0 atom stereocenters. The van der Waals surface area contributed by atoms with Crippen LogP contribution in [0.15, 0.2) is 18.3 Å². The number of pyridine rings is 1. The summed E-state index contributed by atoms with van der Waals surface area (Å²) in [7, 11) is 0. The predicted molar refractivity (Wildman–Crippen MR) is 65.4 cm³/mol. The quantitative estimate of drug-likeness (QED) is 0.774. The summed E-state index contributed by atoms with van der Waals surface area (Å²) in [5.74, 6) is 0.295. The fourth-order valence-electron chi connectivity index (χ4n) is 1.74. The minimum Gasteiger partial charge on any atom is -0.462 e. The average molecular weight is 249 g/mol. The van der Waals surface area contributed by atoms with E-state index in [0.717, 1.165) is 6.54 Å². The van der Waals surface area contributed by atoms with Crippen molar-refractivity contribution in [1.29, 1.82) is 0 Å². The Hall–Kier alpha value is -2.11. The Kier molecular flexibility index (Phi) is 3.76. The van der Waals surface area contributed by atoms with E-state index in [1.54, 1.807) is 19.1 Å². The van der Waals surface area contributed by atoms with Gasteiger partial charge in [0.1, 0.15) is 5.82 Å². The highest BCUT2D eigenvalue weighted by Crippen LogP contribution is 2.12. The minimum absolute atomic E-state index is 0.0162. The monoisotopic (exact) mass is 249 g/mol. The molecule has 6 heteroatoms. The Bertz CT molecular complexity index is 444. The van der Waals surface area contributed by atoms with Crippen molar-refractivity contribution in [3.63, 3.8) is 0 Å². The van der Waals surface area contributed by atoms with Gasteiger partial charge in [-0.25, -0.2) is 9.78 Å². The molecule has 0 spiro atoms. The van der Waals surface area contributed by atoms with Crippen molar-refractivity contribution < 1.29 is 14.3 Å². The normalized spacial score (nSPS) is 15.2. The van der Waals surface area contributed by atoms with Gasteiger partial charge in [-0.2, -0.15) is 0 Å². The Morgan fingerprint density at radius 1 is 1.56 bits per heavy atom. The van der Waals surface area contributed by atoms with E-state index in [4.69, 9.17) is 4.74 Å². The van der Waals surface area contributed by atoms with Gasteiger partial charge >= 0.3 is 5.97 Å². The zero-order valence-electron chi connectivity index (χ0n) is 10.2. The number of carbonyl (C=O) groups excluding carboxylic acids is 2. The number of nitrogens with one attached hydrogen (secondary N) is 1. The fourth-order valence-corrected chi connectivity index (χ4v) is 1.74. The number of aromatic nitrogens is 1. The highest BCUT2D eigenvalue weighted by Gasteiger charge is 2.17. The van der Waals surface area contributed by atoms with Crippen LogP contribution in [-0.2, 0) is 9.53 Å². The van der Waals surface area contributed by atoms with Gasteiger partial charge in [0.15, 0.2) is 0 Å². The molecule has 0 saturated carbocycles. The van der Waals surface area contributed by atoms with Crippen LogP contribution in [0.5, 0.6) is 0 Å². The van der Waals surface area contributed by atoms with Crippen molar-refractivity contribution in [2.45, 2.75) is 6.92 Å². The summed E-state index contributed by atoms with van der Waals surface area (Å²) < 4.78 is 4.87. The number of rotatable bonds is 3. The van der Waals surface area contributed by atoms with Gasteiger partial charge in [0.05, 0.1) is 18.7 Å². The lowest BCUT2D eigenvalue weighted by atomic mass is 10.2. The summed E-state index contributed by atoms with van der Waals surface area (Å²) in [6.45, 7) is 3.72. The van der Waals surface area contributed by atoms with E-state index < -0.39 is 0 Å². The molecule has 1 aliphatic heterocycles. The highest BCUT2D eigenvalue weighted by atomic mass is 16.5. The van der Waals surface area contributed by atoms with Crippen LogP contribution in [0.4, 0.5) is 5.82 Å². The summed E-state index contributed by atoms with van der Waals surface area (Å²) in [5.41, 5.74) is 0.419. The maximum Gasteiger partial charge on any atom is 0.339 e. The van der Waals surface area contributed by atoms with Gasteiger partial charge in [-0.3, -0.25) is 4.79 Å². The molecule has 1 fully saturated rings. The van der Waals surface area contributed by atoms with Crippen molar-refractivity contribution in [3.05, 3.63) is 23.9 Å². The minimum atomic E-state index is -0.382. The first-order valence-electron chi connectivity index (χ1n) is 5.85. The smallest absolute Gasteiger partial charge is 0.339 e. The topological polar surface area (TPSA) is 71.5 Å². The van der Waals surface area contributed by atoms with Crippen LogP contribution in [0, 0.1) is 0 Å². The number of carbonyl (C=O) groups is 2. The maximum absolute atomic E-state index is 11.4. The number of esters is 1. The van der Waals surface area contributed by atoms with Crippen LogP contribution in [0.3, 0.4) is 0 Å². The van der Waals surface area contributed by atoms with Gasteiger partial charge in [-0.05, 0) is 19.1 Å². The average Bonchev–Trinajstić information content (AvgIpc) is 2.39. The first kappa shape index (κ1) is 12.3. The lowest BCUT2D eigenvalue weighted by Gasteiger charge is -2.27. The van der Waals surface area contributed by atoms with E-state index in [2.05, 4.69) is 10.3 Å². The van der Waals surface area contributed by atoms with Crippen LogP contribution in [-0.4, -0.2) is 43.1 Å². The molecule has 1 N–H and O–H groups in total. The second-order valence-corrected chi connectivity index (χ2v) is 3.90. The molecular formula is C12H15N3O3. The van der Waals surface area contributed by atoms with Gasteiger partial charge in [-0.1, -0.05) is 0 Å². The zero-order chi connectivity index (χ0) is 13.0. The SMILES string of the molecule is CCOC(=O)c1ccc(N2CCNC(=O)C2)nc1. The first-order chi connectivity index (χ1) is 8.70. The number of hydrogen-bond donors (Lipinski definition) is 1.